The molecule has 29 heavy (non-hydrogen) atoms. The molecule has 0 aromatic heterocycles. The molecule has 1 unspecified atom stereocenters. The molecular formula is C23H21FN2O2S. The Morgan fingerprint density at radius 3 is 2.55 bits per heavy atom. The minimum atomic E-state index is -0.418. The number of carbonyl (C=O) groups excluding carboxylic acids is 1. The molecule has 4 nitrogen and oxygen atoms in total. The highest BCUT2D eigenvalue weighted by Crippen LogP contribution is 2.45. The molecule has 0 saturated heterocycles. The quantitative estimate of drug-likeness (QED) is 0.637. The maximum absolute atomic E-state index is 13.5. The molecule has 4 rings (SSSR count). The van der Waals surface area contributed by atoms with Crippen LogP contribution < -0.4 is 0 Å². The number of rotatable bonds is 5. The van der Waals surface area contributed by atoms with Crippen molar-refractivity contribution in [1.82, 2.24) is 4.90 Å². The molecule has 2 aromatic rings. The van der Waals surface area contributed by atoms with Gasteiger partial charge in [0.05, 0.1) is 24.4 Å². The third-order valence-electron chi connectivity index (χ3n) is 5.10. The highest BCUT2D eigenvalue weighted by molar-refractivity contribution is 8.16. The number of hydrogen-bond donors (Lipinski definition) is 0. The van der Waals surface area contributed by atoms with Gasteiger partial charge in [-0.05, 0) is 48.4 Å². The van der Waals surface area contributed by atoms with Gasteiger partial charge in [-0.15, -0.1) is 0 Å². The van der Waals surface area contributed by atoms with Crippen LogP contribution in [0.1, 0.15) is 30.5 Å². The normalized spacial score (nSPS) is 18.3. The molecule has 0 spiro atoms. The van der Waals surface area contributed by atoms with Crippen molar-refractivity contribution in [2.75, 3.05) is 7.11 Å². The third kappa shape index (κ3) is 3.85. The zero-order valence-electron chi connectivity index (χ0n) is 16.3. The Hall–Kier alpha value is -2.86. The van der Waals surface area contributed by atoms with Crippen LogP contribution in [0.2, 0.25) is 0 Å². The number of carbonyl (C=O) groups is 1. The number of aryl methyl sites for hydroxylation is 1. The van der Waals surface area contributed by atoms with Crippen LogP contribution in [-0.2, 0) is 16.0 Å². The lowest BCUT2D eigenvalue weighted by Gasteiger charge is -2.36. The van der Waals surface area contributed by atoms with Crippen molar-refractivity contribution in [2.24, 2.45) is 4.99 Å². The number of hydrogen-bond acceptors (Lipinski definition) is 5. The van der Waals surface area contributed by atoms with E-state index in [2.05, 4.69) is 27.4 Å². The largest absolute Gasteiger partial charge is 0.466 e. The lowest BCUT2D eigenvalue weighted by molar-refractivity contribution is -0.136. The van der Waals surface area contributed by atoms with E-state index in [0.717, 1.165) is 29.3 Å². The summed E-state index contributed by atoms with van der Waals surface area (Å²) in [5, 5.41) is 2.92. The average molecular weight is 408 g/mol. The van der Waals surface area contributed by atoms with Gasteiger partial charge < -0.3 is 9.64 Å². The molecule has 0 radical (unpaired) electrons. The lowest BCUT2D eigenvalue weighted by Crippen LogP contribution is -2.36. The number of methoxy groups -OCH3 is 1. The summed E-state index contributed by atoms with van der Waals surface area (Å²) >= 11 is 1.55. The molecule has 1 atom stereocenters. The number of nitrogens with zero attached hydrogens (tertiary/aromatic N) is 2. The second-order valence-corrected chi connectivity index (χ2v) is 7.76. The number of ether oxygens (including phenoxy) is 1. The molecule has 0 saturated carbocycles. The minimum absolute atomic E-state index is 0.311. The molecule has 0 bridgehead atoms. The Labute approximate surface area is 173 Å². The van der Waals surface area contributed by atoms with Crippen molar-refractivity contribution in [2.45, 2.75) is 25.8 Å². The molecule has 0 N–H and O–H groups in total. The van der Waals surface area contributed by atoms with Crippen LogP contribution in [0.15, 0.2) is 82.0 Å². The van der Waals surface area contributed by atoms with Gasteiger partial charge in [0.15, 0.2) is 5.17 Å². The van der Waals surface area contributed by atoms with Gasteiger partial charge in [0, 0.05) is 5.70 Å². The number of halogens is 1. The summed E-state index contributed by atoms with van der Waals surface area (Å²) in [6.45, 7) is 1.82. The van der Waals surface area contributed by atoms with Crippen molar-refractivity contribution in [3.63, 3.8) is 0 Å². The van der Waals surface area contributed by atoms with Crippen LogP contribution in [0.25, 0.3) is 0 Å². The molecular weight excluding hydrogens is 387 g/mol. The first kappa shape index (κ1) is 19.5. The van der Waals surface area contributed by atoms with Crippen molar-refractivity contribution < 1.29 is 13.9 Å². The van der Waals surface area contributed by atoms with Crippen LogP contribution in [0, 0.1) is 5.82 Å². The summed E-state index contributed by atoms with van der Waals surface area (Å²) in [6.07, 6.45) is 1.69. The predicted octanol–water partition coefficient (Wildman–Crippen LogP) is 5.21. The maximum Gasteiger partial charge on any atom is 0.338 e. The van der Waals surface area contributed by atoms with Crippen molar-refractivity contribution in [3.05, 3.63) is 93.9 Å². The Morgan fingerprint density at radius 1 is 1.14 bits per heavy atom. The van der Waals surface area contributed by atoms with E-state index in [1.165, 1.54) is 24.8 Å². The van der Waals surface area contributed by atoms with Crippen LogP contribution in [0.4, 0.5) is 4.39 Å². The molecule has 0 amide bonds. The highest BCUT2D eigenvalue weighted by atomic mass is 32.2. The van der Waals surface area contributed by atoms with E-state index in [1.807, 2.05) is 25.1 Å². The molecule has 0 fully saturated rings. The monoisotopic (exact) mass is 408 g/mol. The summed E-state index contributed by atoms with van der Waals surface area (Å²) in [5.41, 5.74) is 4.27. The fourth-order valence-electron chi connectivity index (χ4n) is 3.67. The second-order valence-electron chi connectivity index (χ2n) is 6.92. The van der Waals surface area contributed by atoms with Gasteiger partial charge in [-0.2, -0.15) is 0 Å². The molecule has 148 valence electrons. The summed E-state index contributed by atoms with van der Waals surface area (Å²) in [4.78, 5) is 19.4. The average Bonchev–Trinajstić information content (AvgIpc) is 3.14. The highest BCUT2D eigenvalue weighted by Gasteiger charge is 2.40. The number of fused-ring (bicyclic) bond motifs is 1. The summed E-state index contributed by atoms with van der Waals surface area (Å²) in [6, 6.07) is 16.2. The van der Waals surface area contributed by atoms with E-state index in [1.54, 1.807) is 23.9 Å². The smallest absolute Gasteiger partial charge is 0.338 e. The Kier molecular flexibility index (Phi) is 5.53. The predicted molar refractivity (Wildman–Crippen MR) is 114 cm³/mol. The van der Waals surface area contributed by atoms with Crippen molar-refractivity contribution in [1.29, 1.82) is 0 Å². The fraction of sp³-hybridized carbons (Fsp3) is 0.217. The van der Waals surface area contributed by atoms with Gasteiger partial charge in [-0.25, -0.2) is 14.2 Å². The first-order valence-corrected chi connectivity index (χ1v) is 10.3. The zero-order valence-corrected chi connectivity index (χ0v) is 17.1. The summed E-state index contributed by atoms with van der Waals surface area (Å²) in [7, 11) is 1.37. The van der Waals surface area contributed by atoms with Crippen LogP contribution >= 0.6 is 11.8 Å². The van der Waals surface area contributed by atoms with Gasteiger partial charge in [0.1, 0.15) is 5.82 Å². The molecule has 2 heterocycles. The Balaban J connectivity index is 1.70. The van der Waals surface area contributed by atoms with Gasteiger partial charge in [-0.3, -0.25) is 0 Å². The first-order chi connectivity index (χ1) is 14.1. The van der Waals surface area contributed by atoms with E-state index in [4.69, 9.17) is 4.74 Å². The number of esters is 1. The van der Waals surface area contributed by atoms with Gasteiger partial charge in [0.2, 0.25) is 0 Å². The van der Waals surface area contributed by atoms with E-state index in [-0.39, 0.29) is 5.82 Å². The van der Waals surface area contributed by atoms with Crippen molar-refractivity contribution in [3.8, 4) is 0 Å². The minimum Gasteiger partial charge on any atom is -0.466 e. The molecule has 6 heteroatoms. The lowest BCUT2D eigenvalue weighted by atomic mass is 9.93. The number of allylic oxidation sites excluding steroid dienone is 2. The summed E-state index contributed by atoms with van der Waals surface area (Å²) in [5.74, 6) is -0.728. The van der Waals surface area contributed by atoms with Crippen LogP contribution in [-0.4, -0.2) is 23.1 Å². The van der Waals surface area contributed by atoms with Crippen LogP contribution in [0.3, 0.4) is 0 Å². The van der Waals surface area contributed by atoms with E-state index >= 15 is 0 Å². The van der Waals surface area contributed by atoms with E-state index < -0.39 is 12.0 Å². The molecule has 2 aromatic carbocycles. The third-order valence-corrected chi connectivity index (χ3v) is 5.99. The second kappa shape index (κ2) is 8.25. The topological polar surface area (TPSA) is 41.9 Å². The van der Waals surface area contributed by atoms with Gasteiger partial charge in [-0.1, -0.05) is 54.2 Å². The van der Waals surface area contributed by atoms with E-state index in [9.17, 15) is 9.18 Å². The van der Waals surface area contributed by atoms with Gasteiger partial charge in [0.25, 0.3) is 0 Å². The molecule has 0 aliphatic carbocycles. The first-order valence-electron chi connectivity index (χ1n) is 9.40. The maximum atomic E-state index is 13.5. The number of aliphatic imine (C=N–C) groups is 1. The van der Waals surface area contributed by atoms with Crippen molar-refractivity contribution >= 4 is 22.9 Å². The SMILES string of the molecule is COC(=O)C1=C(C)N=C2SC=C(CCc3ccccc3)N2C1c1ccc(F)cc1. The number of amidine groups is 1. The van der Waals surface area contributed by atoms with Crippen LogP contribution in [0.5, 0.6) is 0 Å². The number of benzene rings is 2. The van der Waals surface area contributed by atoms with Gasteiger partial charge >= 0.3 is 5.97 Å². The molecule has 2 aliphatic rings. The Bertz CT molecular complexity index is 1010. The fourth-order valence-corrected chi connectivity index (χ4v) is 4.67. The standard InChI is InChI=1S/C23H21FN2O2S/c1-15-20(22(27)28-2)21(17-9-11-18(24)12-10-17)26-19(14-29-23(26)25-15)13-8-16-6-4-3-5-7-16/h3-7,9-12,14,21H,8,13H2,1-2H3. The Morgan fingerprint density at radius 2 is 1.86 bits per heavy atom. The molecule has 2 aliphatic heterocycles. The summed E-state index contributed by atoms with van der Waals surface area (Å²) < 4.78 is 18.6. The zero-order chi connectivity index (χ0) is 20.4. The van der Waals surface area contributed by atoms with E-state index in [0.29, 0.717) is 11.3 Å². The number of thioether (sulfide) groups is 1.